The summed E-state index contributed by atoms with van der Waals surface area (Å²) in [5.41, 5.74) is 7.83. The van der Waals surface area contributed by atoms with E-state index in [9.17, 15) is 4.79 Å². The molecule has 3 nitrogen and oxygen atoms in total. The smallest absolute Gasteiger partial charge is 0.231 e. The number of hydrogen-bond donors (Lipinski definition) is 1. The number of hydrogen-bond acceptors (Lipinski definition) is 2. The maximum Gasteiger partial charge on any atom is 0.231 e. The van der Waals surface area contributed by atoms with Crippen LogP contribution in [-0.4, -0.2) is 19.5 Å². The lowest BCUT2D eigenvalue weighted by Gasteiger charge is -2.24. The highest BCUT2D eigenvalue weighted by Gasteiger charge is 2.22. The summed E-state index contributed by atoms with van der Waals surface area (Å²) >= 11 is 0. The van der Waals surface area contributed by atoms with Crippen LogP contribution >= 0.6 is 0 Å². The molecule has 100 valence electrons. The third-order valence-corrected chi connectivity index (χ3v) is 3.14. The molecule has 0 spiro atoms. The normalized spacial score (nSPS) is 12.6. The van der Waals surface area contributed by atoms with Gasteiger partial charge in [0.1, 0.15) is 0 Å². The zero-order valence-corrected chi connectivity index (χ0v) is 11.8. The van der Waals surface area contributed by atoms with Crippen LogP contribution in [0.5, 0.6) is 0 Å². The predicted molar refractivity (Wildman–Crippen MR) is 76.6 cm³/mol. The summed E-state index contributed by atoms with van der Waals surface area (Å²) in [5.74, 6) is 0.500. The summed E-state index contributed by atoms with van der Waals surface area (Å²) in [6.45, 7) is 6.67. The van der Waals surface area contributed by atoms with Crippen molar-refractivity contribution in [2.24, 2.45) is 17.6 Å². The maximum absolute atomic E-state index is 12.3. The van der Waals surface area contributed by atoms with Crippen LogP contribution in [0, 0.1) is 18.8 Å². The fourth-order valence-corrected chi connectivity index (χ4v) is 2.04. The van der Waals surface area contributed by atoms with E-state index in [-0.39, 0.29) is 11.8 Å². The van der Waals surface area contributed by atoms with Crippen LogP contribution in [-0.2, 0) is 4.79 Å². The Morgan fingerprint density at radius 1 is 1.28 bits per heavy atom. The number of rotatable bonds is 5. The predicted octanol–water partition coefficient (Wildman–Crippen LogP) is 2.58. The average Bonchev–Trinajstić information content (AvgIpc) is 2.35. The maximum atomic E-state index is 12.3. The van der Waals surface area contributed by atoms with Gasteiger partial charge in [0, 0.05) is 19.3 Å². The SMILES string of the molecule is Cc1ccc(N(C)C(=O)C(CN)CC(C)C)cc1. The standard InChI is InChI=1S/C15H24N2O/c1-11(2)9-13(10-16)15(18)17(4)14-7-5-12(3)6-8-14/h5-8,11,13H,9-10,16H2,1-4H3. The third kappa shape index (κ3) is 3.84. The van der Waals surface area contributed by atoms with Gasteiger partial charge in [-0.25, -0.2) is 0 Å². The lowest BCUT2D eigenvalue weighted by molar-refractivity contribution is -0.122. The number of carbonyl (C=O) groups is 1. The van der Waals surface area contributed by atoms with E-state index in [1.165, 1.54) is 5.56 Å². The molecule has 0 aliphatic carbocycles. The second-order valence-electron chi connectivity index (χ2n) is 5.29. The Kier molecular flexibility index (Phi) is 5.35. The van der Waals surface area contributed by atoms with Gasteiger partial charge in [-0.05, 0) is 31.4 Å². The van der Waals surface area contributed by atoms with Gasteiger partial charge >= 0.3 is 0 Å². The number of benzene rings is 1. The molecule has 1 aromatic carbocycles. The van der Waals surface area contributed by atoms with Crippen LogP contribution in [0.4, 0.5) is 5.69 Å². The topological polar surface area (TPSA) is 46.3 Å². The van der Waals surface area contributed by atoms with E-state index in [1.807, 2.05) is 38.2 Å². The van der Waals surface area contributed by atoms with Crippen LogP contribution in [0.25, 0.3) is 0 Å². The molecule has 0 saturated heterocycles. The zero-order valence-electron chi connectivity index (χ0n) is 11.8. The molecule has 0 saturated carbocycles. The van der Waals surface area contributed by atoms with Gasteiger partial charge < -0.3 is 10.6 Å². The van der Waals surface area contributed by atoms with E-state index in [4.69, 9.17) is 5.73 Å². The molecule has 0 heterocycles. The fourth-order valence-electron chi connectivity index (χ4n) is 2.04. The van der Waals surface area contributed by atoms with Crippen molar-refractivity contribution in [3.8, 4) is 0 Å². The second-order valence-corrected chi connectivity index (χ2v) is 5.29. The number of carbonyl (C=O) groups excluding carboxylic acids is 1. The summed E-state index contributed by atoms with van der Waals surface area (Å²) in [7, 11) is 1.82. The highest BCUT2D eigenvalue weighted by Crippen LogP contribution is 2.19. The van der Waals surface area contributed by atoms with E-state index in [0.29, 0.717) is 12.5 Å². The molecule has 3 heteroatoms. The lowest BCUT2D eigenvalue weighted by atomic mass is 9.96. The quantitative estimate of drug-likeness (QED) is 0.870. The first-order valence-corrected chi connectivity index (χ1v) is 6.50. The van der Waals surface area contributed by atoms with Crippen LogP contribution in [0.15, 0.2) is 24.3 Å². The van der Waals surface area contributed by atoms with Gasteiger partial charge in [-0.15, -0.1) is 0 Å². The number of nitrogens with zero attached hydrogens (tertiary/aromatic N) is 1. The molecule has 0 bridgehead atoms. The molecule has 1 rings (SSSR count). The van der Waals surface area contributed by atoms with Gasteiger partial charge in [0.05, 0.1) is 5.92 Å². The molecule has 2 N–H and O–H groups in total. The molecule has 1 atom stereocenters. The Balaban J connectivity index is 2.78. The van der Waals surface area contributed by atoms with Crippen LogP contribution in [0.1, 0.15) is 25.8 Å². The van der Waals surface area contributed by atoms with Crippen molar-refractivity contribution >= 4 is 11.6 Å². The van der Waals surface area contributed by atoms with Crippen molar-refractivity contribution in [3.63, 3.8) is 0 Å². The van der Waals surface area contributed by atoms with E-state index in [0.717, 1.165) is 12.1 Å². The third-order valence-electron chi connectivity index (χ3n) is 3.14. The molecule has 0 aromatic heterocycles. The molecule has 18 heavy (non-hydrogen) atoms. The molecule has 0 fully saturated rings. The van der Waals surface area contributed by atoms with Gasteiger partial charge in [-0.2, -0.15) is 0 Å². The number of aryl methyl sites for hydroxylation is 1. The van der Waals surface area contributed by atoms with E-state index in [1.54, 1.807) is 4.90 Å². The molecule has 1 aromatic rings. The Morgan fingerprint density at radius 2 is 1.83 bits per heavy atom. The molecule has 1 unspecified atom stereocenters. The van der Waals surface area contributed by atoms with E-state index < -0.39 is 0 Å². The summed E-state index contributed by atoms with van der Waals surface area (Å²) in [4.78, 5) is 14.0. The van der Waals surface area contributed by atoms with Gasteiger partial charge in [-0.1, -0.05) is 31.5 Å². The minimum atomic E-state index is -0.0868. The van der Waals surface area contributed by atoms with Crippen molar-refractivity contribution in [3.05, 3.63) is 29.8 Å². The van der Waals surface area contributed by atoms with Gasteiger partial charge in [-0.3, -0.25) is 4.79 Å². The number of anilines is 1. The minimum absolute atomic E-state index is 0.0868. The van der Waals surface area contributed by atoms with Crippen LogP contribution in [0.3, 0.4) is 0 Å². The molecular formula is C15H24N2O. The first-order chi connectivity index (χ1) is 8.45. The highest BCUT2D eigenvalue weighted by atomic mass is 16.2. The second kappa shape index (κ2) is 6.55. The number of nitrogens with two attached hydrogens (primary N) is 1. The first-order valence-electron chi connectivity index (χ1n) is 6.50. The van der Waals surface area contributed by atoms with Crippen molar-refractivity contribution in [1.29, 1.82) is 0 Å². The largest absolute Gasteiger partial charge is 0.330 e. The Labute approximate surface area is 110 Å². The molecule has 0 aliphatic heterocycles. The molecular weight excluding hydrogens is 224 g/mol. The van der Waals surface area contributed by atoms with Crippen molar-refractivity contribution < 1.29 is 4.79 Å². The first kappa shape index (κ1) is 14.7. The Bertz CT molecular complexity index is 384. The fraction of sp³-hybridized carbons (Fsp3) is 0.533. The summed E-state index contributed by atoms with van der Waals surface area (Å²) < 4.78 is 0. The monoisotopic (exact) mass is 248 g/mol. The van der Waals surface area contributed by atoms with Crippen molar-refractivity contribution in [2.75, 3.05) is 18.5 Å². The van der Waals surface area contributed by atoms with E-state index >= 15 is 0 Å². The van der Waals surface area contributed by atoms with Gasteiger partial charge in [0.15, 0.2) is 0 Å². The van der Waals surface area contributed by atoms with Crippen LogP contribution < -0.4 is 10.6 Å². The molecule has 0 radical (unpaired) electrons. The van der Waals surface area contributed by atoms with Crippen molar-refractivity contribution in [2.45, 2.75) is 27.2 Å². The average molecular weight is 248 g/mol. The van der Waals surface area contributed by atoms with Crippen molar-refractivity contribution in [1.82, 2.24) is 0 Å². The van der Waals surface area contributed by atoms with E-state index in [2.05, 4.69) is 13.8 Å². The van der Waals surface area contributed by atoms with Gasteiger partial charge in [0.25, 0.3) is 0 Å². The lowest BCUT2D eigenvalue weighted by Crippen LogP contribution is -2.37. The Hall–Kier alpha value is -1.35. The Morgan fingerprint density at radius 3 is 2.28 bits per heavy atom. The molecule has 1 amide bonds. The van der Waals surface area contributed by atoms with Gasteiger partial charge in [0.2, 0.25) is 5.91 Å². The summed E-state index contributed by atoms with van der Waals surface area (Å²) in [6, 6.07) is 7.96. The molecule has 0 aliphatic rings. The zero-order chi connectivity index (χ0) is 13.7. The minimum Gasteiger partial charge on any atom is -0.330 e. The van der Waals surface area contributed by atoms with Crippen LogP contribution in [0.2, 0.25) is 0 Å². The summed E-state index contributed by atoms with van der Waals surface area (Å²) in [6.07, 6.45) is 0.839. The highest BCUT2D eigenvalue weighted by molar-refractivity contribution is 5.94. The summed E-state index contributed by atoms with van der Waals surface area (Å²) in [5, 5.41) is 0. The number of amides is 1.